The van der Waals surface area contributed by atoms with Crippen LogP contribution in [0.1, 0.15) is 18.9 Å². The number of nitrogens with zero attached hydrogens (tertiary/aromatic N) is 3. The Morgan fingerprint density at radius 1 is 1.35 bits per heavy atom. The lowest BCUT2D eigenvalue weighted by Gasteiger charge is -2.09. The van der Waals surface area contributed by atoms with Crippen molar-refractivity contribution in [1.29, 1.82) is 0 Å². The molecule has 0 saturated carbocycles. The lowest BCUT2D eigenvalue weighted by molar-refractivity contribution is 0.559. The molecule has 6 nitrogen and oxygen atoms in total. The van der Waals surface area contributed by atoms with Gasteiger partial charge in [0.25, 0.3) is 15.2 Å². The average molecular weight is 315 g/mol. The maximum Gasteiger partial charge on any atom is 0.273 e. The third-order valence-electron chi connectivity index (χ3n) is 2.78. The van der Waals surface area contributed by atoms with Gasteiger partial charge in [-0.2, -0.15) is 0 Å². The van der Waals surface area contributed by atoms with Crippen LogP contribution in [0.4, 0.5) is 0 Å². The normalized spacial score (nSPS) is 11.8. The van der Waals surface area contributed by atoms with Gasteiger partial charge in [-0.3, -0.25) is 4.57 Å². The molecule has 0 unspecified atom stereocenters. The number of hydrogen-bond acceptors (Lipinski definition) is 4. The second-order valence-electron chi connectivity index (χ2n) is 4.49. The van der Waals surface area contributed by atoms with E-state index in [1.165, 1.54) is 4.57 Å². The van der Waals surface area contributed by atoms with Crippen molar-refractivity contribution in [3.63, 3.8) is 0 Å². The first-order chi connectivity index (χ1) is 9.34. The zero-order valence-electron chi connectivity index (χ0n) is 11.2. The molecule has 0 atom stereocenters. The summed E-state index contributed by atoms with van der Waals surface area (Å²) in [5.74, 6) is 0.404. The maximum absolute atomic E-state index is 11.5. The molecule has 1 heterocycles. The van der Waals surface area contributed by atoms with Gasteiger partial charge in [-0.05, 0) is 31.0 Å². The molecule has 20 heavy (non-hydrogen) atoms. The van der Waals surface area contributed by atoms with E-state index in [9.17, 15) is 8.42 Å². The summed E-state index contributed by atoms with van der Waals surface area (Å²) in [5, 5.41) is 13.0. The lowest BCUT2D eigenvalue weighted by Crippen LogP contribution is -2.19. The average Bonchev–Trinajstić information content (AvgIpc) is 2.73. The van der Waals surface area contributed by atoms with Crippen LogP contribution in [0.15, 0.2) is 23.4 Å². The predicted octanol–water partition coefficient (Wildman–Crippen LogP) is 1.96. The highest BCUT2D eigenvalue weighted by molar-refractivity contribution is 7.89. The summed E-state index contributed by atoms with van der Waals surface area (Å²) in [4.78, 5) is 0. The quantitative estimate of drug-likeness (QED) is 0.934. The number of aromatic nitrogens is 3. The van der Waals surface area contributed by atoms with E-state index < -0.39 is 10.0 Å². The molecule has 0 aliphatic carbocycles. The topological polar surface area (TPSA) is 90.9 Å². The molecular formula is C12H15ClN4O2S. The Bertz CT molecular complexity index is 740. The molecule has 0 saturated heterocycles. The van der Waals surface area contributed by atoms with Crippen molar-refractivity contribution in [2.45, 2.75) is 32.0 Å². The van der Waals surface area contributed by atoms with E-state index in [-0.39, 0.29) is 5.16 Å². The largest absolute Gasteiger partial charge is 0.297 e. The molecule has 2 aromatic rings. The number of aryl methyl sites for hydroxylation is 1. The fraction of sp³-hybridized carbons (Fsp3) is 0.333. The Labute approximate surface area is 122 Å². The number of hydrogen-bond donors (Lipinski definition) is 1. The summed E-state index contributed by atoms with van der Waals surface area (Å²) in [6.07, 6.45) is 0.719. The van der Waals surface area contributed by atoms with Gasteiger partial charge >= 0.3 is 0 Å². The van der Waals surface area contributed by atoms with E-state index in [1.807, 2.05) is 19.9 Å². The first-order valence-electron chi connectivity index (χ1n) is 6.07. The Morgan fingerprint density at radius 3 is 2.60 bits per heavy atom. The van der Waals surface area contributed by atoms with Crippen molar-refractivity contribution in [3.05, 3.63) is 28.8 Å². The Balaban J connectivity index is 2.66. The summed E-state index contributed by atoms with van der Waals surface area (Å²) in [6.45, 7) is 4.29. The molecule has 2 N–H and O–H groups in total. The molecule has 108 valence electrons. The van der Waals surface area contributed by atoms with Crippen LogP contribution in [0.25, 0.3) is 11.4 Å². The van der Waals surface area contributed by atoms with E-state index >= 15 is 0 Å². The van der Waals surface area contributed by atoms with E-state index in [4.69, 9.17) is 16.7 Å². The van der Waals surface area contributed by atoms with E-state index in [2.05, 4.69) is 10.2 Å². The number of halogens is 1. The Kier molecular flexibility index (Phi) is 4.12. The highest BCUT2D eigenvalue weighted by Crippen LogP contribution is 2.28. The predicted molar refractivity (Wildman–Crippen MR) is 76.9 cm³/mol. The molecule has 0 aliphatic rings. The fourth-order valence-corrected chi connectivity index (χ4v) is 2.88. The van der Waals surface area contributed by atoms with Gasteiger partial charge in [0.1, 0.15) is 0 Å². The standard InChI is InChI=1S/C12H15ClN4O2S/c1-3-6-17-11(15-16-12(17)20(14,18)19)9-5-4-8(2)7-10(9)13/h4-5,7H,3,6H2,1-2H3,(H2,14,18,19). The molecule has 0 bridgehead atoms. The van der Waals surface area contributed by atoms with Crippen LogP contribution < -0.4 is 5.14 Å². The van der Waals surface area contributed by atoms with Crippen LogP contribution in [-0.4, -0.2) is 23.2 Å². The minimum absolute atomic E-state index is 0.244. The Hall–Kier alpha value is -1.44. The van der Waals surface area contributed by atoms with E-state index in [0.717, 1.165) is 12.0 Å². The summed E-state index contributed by atoms with van der Waals surface area (Å²) < 4.78 is 24.5. The van der Waals surface area contributed by atoms with Crippen LogP contribution in [-0.2, 0) is 16.6 Å². The molecule has 0 fully saturated rings. The van der Waals surface area contributed by atoms with Crippen LogP contribution in [0, 0.1) is 6.92 Å². The van der Waals surface area contributed by atoms with Gasteiger partial charge < -0.3 is 0 Å². The third-order valence-corrected chi connectivity index (χ3v) is 3.91. The third kappa shape index (κ3) is 2.84. The van der Waals surface area contributed by atoms with Gasteiger partial charge in [-0.15, -0.1) is 10.2 Å². The lowest BCUT2D eigenvalue weighted by atomic mass is 10.1. The second-order valence-corrected chi connectivity index (χ2v) is 6.35. The van der Waals surface area contributed by atoms with Gasteiger partial charge in [0.2, 0.25) is 0 Å². The first kappa shape index (κ1) is 15.0. The van der Waals surface area contributed by atoms with Crippen LogP contribution >= 0.6 is 11.6 Å². The van der Waals surface area contributed by atoms with Crippen LogP contribution in [0.3, 0.4) is 0 Å². The number of benzene rings is 1. The van der Waals surface area contributed by atoms with Crippen molar-refractivity contribution in [2.75, 3.05) is 0 Å². The fourth-order valence-electron chi connectivity index (χ4n) is 1.93. The van der Waals surface area contributed by atoms with Crippen molar-refractivity contribution in [3.8, 4) is 11.4 Å². The summed E-state index contributed by atoms with van der Waals surface area (Å²) in [6, 6.07) is 5.46. The second kappa shape index (κ2) is 5.51. The highest BCUT2D eigenvalue weighted by atomic mass is 35.5. The number of rotatable bonds is 4. The van der Waals surface area contributed by atoms with Gasteiger partial charge in [-0.25, -0.2) is 13.6 Å². The molecule has 1 aromatic heterocycles. The summed E-state index contributed by atoms with van der Waals surface area (Å²) >= 11 is 6.20. The van der Waals surface area contributed by atoms with E-state index in [1.54, 1.807) is 12.1 Å². The van der Waals surface area contributed by atoms with E-state index in [0.29, 0.717) is 23.0 Å². The van der Waals surface area contributed by atoms with Gasteiger partial charge in [0, 0.05) is 12.1 Å². The number of nitrogens with two attached hydrogens (primary N) is 1. The summed E-state index contributed by atoms with van der Waals surface area (Å²) in [5.41, 5.74) is 1.64. The molecule has 0 radical (unpaired) electrons. The Morgan fingerprint density at radius 2 is 2.05 bits per heavy atom. The molecule has 0 spiro atoms. The molecule has 0 aliphatic heterocycles. The smallest absolute Gasteiger partial charge is 0.273 e. The number of primary sulfonamides is 1. The number of sulfonamides is 1. The summed E-state index contributed by atoms with van der Waals surface area (Å²) in [7, 11) is -3.92. The molecule has 2 rings (SSSR count). The van der Waals surface area contributed by atoms with Crippen molar-refractivity contribution >= 4 is 21.6 Å². The minimum Gasteiger partial charge on any atom is -0.297 e. The highest BCUT2D eigenvalue weighted by Gasteiger charge is 2.22. The van der Waals surface area contributed by atoms with Crippen LogP contribution in [0.2, 0.25) is 5.02 Å². The minimum atomic E-state index is -3.92. The monoisotopic (exact) mass is 314 g/mol. The molecule has 0 amide bonds. The van der Waals surface area contributed by atoms with Crippen molar-refractivity contribution in [1.82, 2.24) is 14.8 Å². The zero-order chi connectivity index (χ0) is 14.9. The maximum atomic E-state index is 11.5. The van der Waals surface area contributed by atoms with Gasteiger partial charge in [-0.1, -0.05) is 24.6 Å². The first-order valence-corrected chi connectivity index (χ1v) is 7.99. The molecule has 1 aromatic carbocycles. The van der Waals surface area contributed by atoms with Crippen molar-refractivity contribution in [2.24, 2.45) is 5.14 Å². The zero-order valence-corrected chi connectivity index (χ0v) is 12.7. The van der Waals surface area contributed by atoms with Gasteiger partial charge in [0.15, 0.2) is 5.82 Å². The SMILES string of the molecule is CCCn1c(-c2ccc(C)cc2Cl)nnc1S(N)(=O)=O. The molecular weight excluding hydrogens is 300 g/mol. The van der Waals surface area contributed by atoms with Crippen molar-refractivity contribution < 1.29 is 8.42 Å². The molecule has 8 heteroatoms. The van der Waals surface area contributed by atoms with Gasteiger partial charge in [0.05, 0.1) is 5.02 Å². The van der Waals surface area contributed by atoms with Crippen LogP contribution in [0.5, 0.6) is 0 Å².